The van der Waals surface area contributed by atoms with Crippen molar-refractivity contribution in [3.05, 3.63) is 116 Å². The number of rotatable bonds is 7. The number of halogens is 2. The molecule has 0 radical (unpaired) electrons. The molecule has 1 atom stereocenters. The number of benzene rings is 3. The van der Waals surface area contributed by atoms with Gasteiger partial charge >= 0.3 is 0 Å². The fourth-order valence-electron chi connectivity index (χ4n) is 5.14. The van der Waals surface area contributed by atoms with Gasteiger partial charge in [-0.3, -0.25) is 9.59 Å². The Kier molecular flexibility index (Phi) is 7.58. The van der Waals surface area contributed by atoms with Gasteiger partial charge in [-0.1, -0.05) is 41.4 Å². The van der Waals surface area contributed by atoms with E-state index in [1.165, 1.54) is 17.2 Å². The topological polar surface area (TPSA) is 68.9 Å². The lowest BCUT2D eigenvalue weighted by Crippen LogP contribution is -2.29. The first-order valence-corrected chi connectivity index (χ1v) is 13.8. The lowest BCUT2D eigenvalue weighted by Gasteiger charge is -2.17. The number of nitrogens with one attached hydrogen (secondary N) is 1. The number of amides is 1. The Morgan fingerprint density at radius 3 is 2.38 bits per heavy atom. The fourth-order valence-corrected chi connectivity index (χ4v) is 5.63. The number of carbonyl (C=O) groups excluding carboxylic acids is 2. The van der Waals surface area contributed by atoms with E-state index in [1.807, 2.05) is 55.7 Å². The first kappa shape index (κ1) is 27.7. The third kappa shape index (κ3) is 5.17. The van der Waals surface area contributed by atoms with Gasteiger partial charge in [-0.05, 0) is 94.3 Å². The molecule has 5 aromatic rings. The lowest BCUT2D eigenvalue weighted by atomic mass is 10.1. The predicted octanol–water partition coefficient (Wildman–Crippen LogP) is 7.74. The Morgan fingerprint density at radius 1 is 0.900 bits per heavy atom. The van der Waals surface area contributed by atoms with Crippen molar-refractivity contribution in [2.24, 2.45) is 0 Å². The number of carbonyl (C=O) groups is 2. The second kappa shape index (κ2) is 11.0. The SMILES string of the molecule is Cc1ccc(-n2c(C)cc(C(=O)Cn3c([C@H](C)NC(=O)c4ccc(Cl)cc4Cl)nc4ccccc43)c2C)cc1C. The van der Waals surface area contributed by atoms with Crippen molar-refractivity contribution in [2.75, 3.05) is 0 Å². The molecule has 1 N–H and O–H groups in total. The smallest absolute Gasteiger partial charge is 0.253 e. The third-order valence-electron chi connectivity index (χ3n) is 7.38. The summed E-state index contributed by atoms with van der Waals surface area (Å²) in [5, 5.41) is 3.69. The summed E-state index contributed by atoms with van der Waals surface area (Å²) in [5.41, 5.74) is 7.86. The highest BCUT2D eigenvalue weighted by atomic mass is 35.5. The maximum atomic E-state index is 13.8. The van der Waals surface area contributed by atoms with Crippen molar-refractivity contribution < 1.29 is 9.59 Å². The molecule has 40 heavy (non-hydrogen) atoms. The second-order valence-electron chi connectivity index (χ2n) is 10.2. The van der Waals surface area contributed by atoms with Gasteiger partial charge in [-0.25, -0.2) is 4.98 Å². The van der Waals surface area contributed by atoms with Crippen molar-refractivity contribution in [1.29, 1.82) is 0 Å². The Balaban J connectivity index is 1.48. The number of aromatic nitrogens is 3. The molecule has 0 fully saturated rings. The summed E-state index contributed by atoms with van der Waals surface area (Å²) in [6.07, 6.45) is 0. The molecule has 0 aliphatic carbocycles. The first-order chi connectivity index (χ1) is 19.0. The van der Waals surface area contributed by atoms with Gasteiger partial charge in [0.2, 0.25) is 0 Å². The molecule has 0 aliphatic rings. The lowest BCUT2D eigenvalue weighted by molar-refractivity contribution is 0.0938. The van der Waals surface area contributed by atoms with Crippen LogP contribution in [0.4, 0.5) is 0 Å². The van der Waals surface area contributed by atoms with Crippen LogP contribution in [0.1, 0.15) is 62.0 Å². The largest absolute Gasteiger partial charge is 0.342 e. The molecular weight excluding hydrogens is 543 g/mol. The molecule has 6 nitrogen and oxygen atoms in total. The van der Waals surface area contributed by atoms with Gasteiger partial charge in [0.1, 0.15) is 5.82 Å². The Hall–Kier alpha value is -3.87. The molecule has 2 heterocycles. The summed E-state index contributed by atoms with van der Waals surface area (Å²) in [4.78, 5) is 31.7. The summed E-state index contributed by atoms with van der Waals surface area (Å²) in [6, 6.07) is 20.2. The summed E-state index contributed by atoms with van der Waals surface area (Å²) >= 11 is 12.3. The van der Waals surface area contributed by atoms with Gasteiger partial charge in [0.15, 0.2) is 5.78 Å². The maximum Gasteiger partial charge on any atom is 0.253 e. The molecule has 204 valence electrons. The van der Waals surface area contributed by atoms with Crippen LogP contribution in [0.2, 0.25) is 10.0 Å². The van der Waals surface area contributed by atoms with Gasteiger partial charge in [0.25, 0.3) is 5.91 Å². The van der Waals surface area contributed by atoms with E-state index in [0.29, 0.717) is 22.0 Å². The molecule has 0 bridgehead atoms. The molecule has 0 spiro atoms. The molecule has 2 aromatic heterocycles. The van der Waals surface area contributed by atoms with Gasteiger partial charge in [-0.2, -0.15) is 0 Å². The molecule has 8 heteroatoms. The van der Waals surface area contributed by atoms with E-state index in [4.69, 9.17) is 28.2 Å². The minimum atomic E-state index is -0.498. The minimum absolute atomic E-state index is 0.0353. The minimum Gasteiger partial charge on any atom is -0.342 e. The van der Waals surface area contributed by atoms with E-state index in [-0.39, 0.29) is 23.3 Å². The average Bonchev–Trinajstić information content (AvgIpc) is 3.42. The van der Waals surface area contributed by atoms with Crippen molar-refractivity contribution in [3.8, 4) is 5.69 Å². The van der Waals surface area contributed by atoms with Gasteiger partial charge in [0, 0.05) is 27.7 Å². The highest BCUT2D eigenvalue weighted by molar-refractivity contribution is 6.36. The number of hydrogen-bond donors (Lipinski definition) is 1. The summed E-state index contributed by atoms with van der Waals surface area (Å²) in [6.45, 7) is 10.1. The summed E-state index contributed by atoms with van der Waals surface area (Å²) < 4.78 is 4.00. The number of fused-ring (bicyclic) bond motifs is 1. The molecule has 0 saturated heterocycles. The average molecular weight is 574 g/mol. The third-order valence-corrected chi connectivity index (χ3v) is 7.92. The molecular formula is C32H30Cl2N4O2. The van der Waals surface area contributed by atoms with Crippen molar-refractivity contribution in [1.82, 2.24) is 19.4 Å². The van der Waals surface area contributed by atoms with E-state index in [1.54, 1.807) is 12.1 Å². The number of Topliss-reactive ketones (excluding diaryl/α,β-unsaturated/α-hetero) is 1. The van der Waals surface area contributed by atoms with Crippen LogP contribution in [0.5, 0.6) is 0 Å². The van der Waals surface area contributed by atoms with Gasteiger partial charge < -0.3 is 14.5 Å². The molecule has 0 unspecified atom stereocenters. The Bertz CT molecular complexity index is 1780. The number of ketones is 1. The molecule has 1 amide bonds. The maximum absolute atomic E-state index is 13.8. The second-order valence-corrected chi connectivity index (χ2v) is 11.0. The monoisotopic (exact) mass is 572 g/mol. The van der Waals surface area contributed by atoms with Gasteiger partial charge in [0.05, 0.1) is 34.2 Å². The first-order valence-electron chi connectivity index (χ1n) is 13.1. The molecule has 3 aromatic carbocycles. The zero-order chi connectivity index (χ0) is 28.7. The zero-order valence-electron chi connectivity index (χ0n) is 23.0. The number of aryl methyl sites for hydroxylation is 3. The van der Waals surface area contributed by atoms with E-state index in [2.05, 4.69) is 41.9 Å². The highest BCUT2D eigenvalue weighted by Crippen LogP contribution is 2.27. The zero-order valence-corrected chi connectivity index (χ0v) is 24.6. The fraction of sp³-hybridized carbons (Fsp3) is 0.219. The van der Waals surface area contributed by atoms with Crippen LogP contribution in [0.3, 0.4) is 0 Å². The molecule has 0 saturated carbocycles. The standard InChI is InChI=1S/C32H30Cl2N4O2/c1-18-10-12-24(14-19(18)2)38-20(3)15-26(22(38)5)30(39)17-37-29-9-7-6-8-28(29)36-31(37)21(4)35-32(40)25-13-11-23(33)16-27(25)34/h6-16,21H,17H2,1-5H3,(H,35,40)/t21-/m0/s1. The van der Waals surface area contributed by atoms with Crippen molar-refractivity contribution in [2.45, 2.75) is 47.2 Å². The number of para-hydroxylation sites is 2. The Labute approximate surface area is 243 Å². The van der Waals surface area contributed by atoms with Crippen LogP contribution in [0.15, 0.2) is 66.7 Å². The van der Waals surface area contributed by atoms with Gasteiger partial charge in [-0.15, -0.1) is 0 Å². The van der Waals surface area contributed by atoms with Crippen LogP contribution >= 0.6 is 23.2 Å². The van der Waals surface area contributed by atoms with Crippen LogP contribution < -0.4 is 5.32 Å². The summed E-state index contributed by atoms with van der Waals surface area (Å²) in [5.74, 6) is 0.193. The number of hydrogen-bond acceptors (Lipinski definition) is 3. The van der Waals surface area contributed by atoms with E-state index in [0.717, 1.165) is 28.1 Å². The predicted molar refractivity (Wildman–Crippen MR) is 161 cm³/mol. The van der Waals surface area contributed by atoms with E-state index in [9.17, 15) is 9.59 Å². The van der Waals surface area contributed by atoms with Crippen LogP contribution in [0, 0.1) is 27.7 Å². The Morgan fingerprint density at radius 2 is 1.65 bits per heavy atom. The van der Waals surface area contributed by atoms with Crippen LogP contribution in [-0.4, -0.2) is 25.8 Å². The van der Waals surface area contributed by atoms with Crippen molar-refractivity contribution >= 4 is 45.9 Å². The normalized spacial score (nSPS) is 12.1. The van der Waals surface area contributed by atoms with E-state index < -0.39 is 6.04 Å². The summed E-state index contributed by atoms with van der Waals surface area (Å²) in [7, 11) is 0. The molecule has 5 rings (SSSR count). The highest BCUT2D eigenvalue weighted by Gasteiger charge is 2.24. The van der Waals surface area contributed by atoms with Crippen LogP contribution in [0.25, 0.3) is 16.7 Å². The van der Waals surface area contributed by atoms with Crippen molar-refractivity contribution in [3.63, 3.8) is 0 Å². The quantitative estimate of drug-likeness (QED) is 0.203. The number of imidazole rings is 1. The van der Waals surface area contributed by atoms with E-state index >= 15 is 0 Å². The number of nitrogens with zero attached hydrogens (tertiary/aromatic N) is 3. The molecule has 0 aliphatic heterocycles. The van der Waals surface area contributed by atoms with Crippen LogP contribution in [-0.2, 0) is 6.54 Å².